The summed E-state index contributed by atoms with van der Waals surface area (Å²) in [6, 6.07) is 8.77. The Kier molecular flexibility index (Phi) is 3.84. The molecule has 0 aliphatic carbocycles. The molecule has 1 heterocycles. The SMILES string of the molecule is N#Cc1ccc(OCCN2CCCS2(=O)=O)cc1. The van der Waals surface area contributed by atoms with Gasteiger partial charge in [-0.25, -0.2) is 8.42 Å². The van der Waals surface area contributed by atoms with E-state index in [0.717, 1.165) is 0 Å². The van der Waals surface area contributed by atoms with Crippen LogP contribution in [0.4, 0.5) is 0 Å². The van der Waals surface area contributed by atoms with E-state index >= 15 is 0 Å². The zero-order valence-corrected chi connectivity index (χ0v) is 10.7. The van der Waals surface area contributed by atoms with Crippen LogP contribution in [-0.2, 0) is 10.0 Å². The summed E-state index contributed by atoms with van der Waals surface area (Å²) < 4.78 is 29.9. The minimum Gasteiger partial charge on any atom is -0.492 e. The second-order valence-electron chi connectivity index (χ2n) is 4.05. The highest BCUT2D eigenvalue weighted by Gasteiger charge is 2.27. The van der Waals surface area contributed by atoms with Gasteiger partial charge in [-0.05, 0) is 30.7 Å². The molecular weight excluding hydrogens is 252 g/mol. The molecule has 0 unspecified atom stereocenters. The smallest absolute Gasteiger partial charge is 0.214 e. The molecule has 1 aromatic carbocycles. The largest absolute Gasteiger partial charge is 0.492 e. The first-order chi connectivity index (χ1) is 8.62. The third-order valence-corrected chi connectivity index (χ3v) is 4.75. The Morgan fingerprint density at radius 3 is 2.61 bits per heavy atom. The molecule has 6 heteroatoms. The highest BCUT2D eigenvalue weighted by Crippen LogP contribution is 2.14. The van der Waals surface area contributed by atoms with Gasteiger partial charge in [0.25, 0.3) is 0 Å². The molecule has 0 spiro atoms. The Labute approximate surface area is 107 Å². The normalized spacial score (nSPS) is 18.4. The van der Waals surface area contributed by atoms with E-state index in [4.69, 9.17) is 10.00 Å². The minimum absolute atomic E-state index is 0.240. The van der Waals surface area contributed by atoms with E-state index in [1.54, 1.807) is 24.3 Å². The quantitative estimate of drug-likeness (QED) is 0.814. The number of rotatable bonds is 4. The fourth-order valence-electron chi connectivity index (χ4n) is 1.83. The van der Waals surface area contributed by atoms with Crippen molar-refractivity contribution in [3.05, 3.63) is 29.8 Å². The van der Waals surface area contributed by atoms with Gasteiger partial charge in [-0.1, -0.05) is 0 Å². The van der Waals surface area contributed by atoms with Gasteiger partial charge >= 0.3 is 0 Å². The van der Waals surface area contributed by atoms with Crippen LogP contribution in [0.2, 0.25) is 0 Å². The fourth-order valence-corrected chi connectivity index (χ4v) is 3.35. The summed E-state index contributed by atoms with van der Waals surface area (Å²) >= 11 is 0. The van der Waals surface area contributed by atoms with E-state index in [-0.39, 0.29) is 5.75 Å². The molecule has 0 N–H and O–H groups in total. The van der Waals surface area contributed by atoms with Gasteiger partial charge in [-0.2, -0.15) is 9.57 Å². The second-order valence-corrected chi connectivity index (χ2v) is 6.14. The molecule has 0 radical (unpaired) electrons. The number of hydrogen-bond donors (Lipinski definition) is 0. The molecule has 0 atom stereocenters. The third kappa shape index (κ3) is 3.00. The molecule has 1 saturated heterocycles. The van der Waals surface area contributed by atoms with Crippen molar-refractivity contribution in [3.63, 3.8) is 0 Å². The zero-order valence-electron chi connectivity index (χ0n) is 9.87. The molecule has 0 saturated carbocycles. The first-order valence-corrected chi connectivity index (χ1v) is 7.33. The summed E-state index contributed by atoms with van der Waals surface area (Å²) in [4.78, 5) is 0. The predicted molar refractivity (Wildman–Crippen MR) is 66.6 cm³/mol. The van der Waals surface area contributed by atoms with Crippen LogP contribution in [0.1, 0.15) is 12.0 Å². The highest BCUT2D eigenvalue weighted by molar-refractivity contribution is 7.89. The van der Waals surface area contributed by atoms with Crippen molar-refractivity contribution < 1.29 is 13.2 Å². The molecule has 18 heavy (non-hydrogen) atoms. The topological polar surface area (TPSA) is 70.4 Å². The molecule has 1 aliphatic heterocycles. The van der Waals surface area contributed by atoms with E-state index in [2.05, 4.69) is 0 Å². The van der Waals surface area contributed by atoms with Gasteiger partial charge in [0.1, 0.15) is 12.4 Å². The van der Waals surface area contributed by atoms with E-state index < -0.39 is 10.0 Å². The van der Waals surface area contributed by atoms with Gasteiger partial charge in [0.15, 0.2) is 0 Å². The summed E-state index contributed by atoms with van der Waals surface area (Å²) in [6.07, 6.45) is 0.694. The average molecular weight is 266 g/mol. The van der Waals surface area contributed by atoms with Crippen molar-refractivity contribution in [2.75, 3.05) is 25.4 Å². The number of ether oxygens (including phenoxy) is 1. The maximum atomic E-state index is 11.5. The van der Waals surface area contributed by atoms with E-state index in [9.17, 15) is 8.42 Å². The molecule has 0 aromatic heterocycles. The maximum absolute atomic E-state index is 11.5. The molecule has 1 fully saturated rings. The lowest BCUT2D eigenvalue weighted by atomic mass is 10.2. The molecule has 1 aromatic rings. The second kappa shape index (κ2) is 5.38. The fraction of sp³-hybridized carbons (Fsp3) is 0.417. The summed E-state index contributed by atoms with van der Waals surface area (Å²) in [5, 5.41) is 8.64. The summed E-state index contributed by atoms with van der Waals surface area (Å²) in [5.74, 6) is 0.884. The Bertz CT molecular complexity index is 546. The number of nitrogens with zero attached hydrogens (tertiary/aromatic N) is 2. The van der Waals surface area contributed by atoms with Gasteiger partial charge in [-0.3, -0.25) is 0 Å². The molecule has 0 amide bonds. The summed E-state index contributed by atoms with van der Waals surface area (Å²) in [7, 11) is -3.04. The van der Waals surface area contributed by atoms with Gasteiger partial charge in [0.2, 0.25) is 10.0 Å². The van der Waals surface area contributed by atoms with Crippen LogP contribution in [0.15, 0.2) is 24.3 Å². The van der Waals surface area contributed by atoms with Crippen molar-refractivity contribution in [3.8, 4) is 11.8 Å². The number of sulfonamides is 1. The molecule has 1 aliphatic rings. The van der Waals surface area contributed by atoms with Crippen LogP contribution in [-0.4, -0.2) is 38.2 Å². The first kappa shape index (κ1) is 12.9. The number of nitriles is 1. The van der Waals surface area contributed by atoms with Crippen molar-refractivity contribution in [2.45, 2.75) is 6.42 Å². The monoisotopic (exact) mass is 266 g/mol. The van der Waals surface area contributed by atoms with E-state index in [1.165, 1.54) is 4.31 Å². The predicted octanol–water partition coefficient (Wildman–Crippen LogP) is 0.973. The molecular formula is C12H14N2O3S. The van der Waals surface area contributed by atoms with Crippen LogP contribution < -0.4 is 4.74 Å². The lowest BCUT2D eigenvalue weighted by molar-refractivity contribution is 0.279. The lowest BCUT2D eigenvalue weighted by Crippen LogP contribution is -2.30. The van der Waals surface area contributed by atoms with Crippen molar-refractivity contribution >= 4 is 10.0 Å². The van der Waals surface area contributed by atoms with Crippen molar-refractivity contribution in [1.29, 1.82) is 5.26 Å². The first-order valence-electron chi connectivity index (χ1n) is 5.72. The van der Waals surface area contributed by atoms with Crippen molar-refractivity contribution in [1.82, 2.24) is 4.31 Å². The maximum Gasteiger partial charge on any atom is 0.214 e. The van der Waals surface area contributed by atoms with E-state index in [0.29, 0.717) is 37.4 Å². The third-order valence-electron chi connectivity index (χ3n) is 2.80. The summed E-state index contributed by atoms with van der Waals surface area (Å²) in [5.41, 5.74) is 0.574. The van der Waals surface area contributed by atoms with Gasteiger partial charge < -0.3 is 4.74 Å². The minimum atomic E-state index is -3.04. The molecule has 96 valence electrons. The van der Waals surface area contributed by atoms with Crippen LogP contribution in [0.3, 0.4) is 0 Å². The van der Waals surface area contributed by atoms with Crippen molar-refractivity contribution in [2.24, 2.45) is 0 Å². The Morgan fingerprint density at radius 1 is 1.33 bits per heavy atom. The summed E-state index contributed by atoms with van der Waals surface area (Å²) in [6.45, 7) is 1.28. The molecule has 2 rings (SSSR count). The van der Waals surface area contributed by atoms with Crippen LogP contribution in [0.25, 0.3) is 0 Å². The molecule has 5 nitrogen and oxygen atoms in total. The number of benzene rings is 1. The molecule has 0 bridgehead atoms. The van der Waals surface area contributed by atoms with Crippen LogP contribution in [0.5, 0.6) is 5.75 Å². The average Bonchev–Trinajstić information content (AvgIpc) is 2.70. The Hall–Kier alpha value is -1.58. The number of hydrogen-bond acceptors (Lipinski definition) is 4. The lowest BCUT2D eigenvalue weighted by Gasteiger charge is -2.14. The Morgan fingerprint density at radius 2 is 2.06 bits per heavy atom. The highest BCUT2D eigenvalue weighted by atomic mass is 32.2. The van der Waals surface area contributed by atoms with Crippen LogP contribution >= 0.6 is 0 Å². The van der Waals surface area contributed by atoms with E-state index in [1.807, 2.05) is 6.07 Å². The van der Waals surface area contributed by atoms with Crippen LogP contribution in [0, 0.1) is 11.3 Å². The Balaban J connectivity index is 1.83. The van der Waals surface area contributed by atoms with Gasteiger partial charge in [0, 0.05) is 13.1 Å². The zero-order chi connectivity index (χ0) is 13.0. The van der Waals surface area contributed by atoms with Gasteiger partial charge in [-0.15, -0.1) is 0 Å². The van der Waals surface area contributed by atoms with Gasteiger partial charge in [0.05, 0.1) is 17.4 Å². The standard InChI is InChI=1S/C12H14N2O3S/c13-10-11-2-4-12(5-3-11)17-8-7-14-6-1-9-18(14,15)16/h2-5H,1,6-9H2.